The molecule has 1 aromatic rings. The van der Waals surface area contributed by atoms with Crippen molar-refractivity contribution < 1.29 is 27.4 Å². The molecule has 1 aromatic carbocycles. The molecule has 0 unspecified atom stereocenters. The first-order valence-electron chi connectivity index (χ1n) is 5.48. The second kappa shape index (κ2) is 7.35. The minimum Gasteiger partial charge on any atom is -0.496 e. The lowest BCUT2D eigenvalue weighted by Gasteiger charge is -2.23. The highest BCUT2D eigenvalue weighted by Gasteiger charge is 2.48. The Labute approximate surface area is 120 Å². The van der Waals surface area contributed by atoms with Gasteiger partial charge in [-0.25, -0.2) is 9.18 Å². The van der Waals surface area contributed by atoms with Gasteiger partial charge in [-0.2, -0.15) is 8.78 Å². The molecule has 4 nitrogen and oxygen atoms in total. The summed E-state index contributed by atoms with van der Waals surface area (Å²) >= 11 is 0. The number of methoxy groups -OCH3 is 1. The Balaban J connectivity index is 0.00000361. The summed E-state index contributed by atoms with van der Waals surface area (Å²) in [6, 6.07) is 0.934. The highest BCUT2D eigenvalue weighted by molar-refractivity contribution is 5.85. The van der Waals surface area contributed by atoms with Crippen molar-refractivity contribution in [1.82, 2.24) is 0 Å². The van der Waals surface area contributed by atoms with Crippen molar-refractivity contribution in [2.75, 3.05) is 13.7 Å². The first-order valence-corrected chi connectivity index (χ1v) is 5.48. The smallest absolute Gasteiger partial charge is 0.379 e. The molecule has 0 aromatic heterocycles. The maximum Gasteiger partial charge on any atom is 0.379 e. The normalized spacial score (nSPS) is 12.3. The zero-order chi connectivity index (χ0) is 14.6. The number of alkyl halides is 2. The number of rotatable bonds is 5. The van der Waals surface area contributed by atoms with Gasteiger partial charge in [-0.1, -0.05) is 6.07 Å². The van der Waals surface area contributed by atoms with E-state index in [0.717, 1.165) is 18.2 Å². The molecule has 0 fully saturated rings. The molecule has 114 valence electrons. The lowest BCUT2D eigenvalue weighted by Crippen LogP contribution is -2.41. The summed E-state index contributed by atoms with van der Waals surface area (Å²) in [5.74, 6) is -6.47. The average Bonchev–Trinajstić information content (AvgIpc) is 2.37. The van der Waals surface area contributed by atoms with Crippen LogP contribution in [0, 0.1) is 5.82 Å². The number of hydrogen-bond acceptors (Lipinski definition) is 4. The molecule has 0 aliphatic heterocycles. The van der Waals surface area contributed by atoms with E-state index in [0.29, 0.717) is 0 Å². The van der Waals surface area contributed by atoms with Crippen molar-refractivity contribution in [3.05, 3.63) is 29.6 Å². The molecule has 0 saturated carbocycles. The Morgan fingerprint density at radius 2 is 2.05 bits per heavy atom. The van der Waals surface area contributed by atoms with E-state index in [1.54, 1.807) is 0 Å². The number of benzene rings is 1. The molecule has 0 aliphatic rings. The van der Waals surface area contributed by atoms with Crippen LogP contribution in [0.5, 0.6) is 5.75 Å². The summed E-state index contributed by atoms with van der Waals surface area (Å²) in [6.45, 7) is 1.21. The third-order valence-electron chi connectivity index (χ3n) is 2.47. The largest absolute Gasteiger partial charge is 0.496 e. The molecule has 0 heterocycles. The Bertz CT molecular complexity index is 471. The van der Waals surface area contributed by atoms with E-state index < -0.39 is 23.8 Å². The van der Waals surface area contributed by atoms with Crippen molar-refractivity contribution in [3.8, 4) is 5.75 Å². The zero-order valence-corrected chi connectivity index (χ0v) is 11.7. The van der Waals surface area contributed by atoms with Crippen LogP contribution in [-0.2, 0) is 9.53 Å². The lowest BCUT2D eigenvalue weighted by molar-refractivity contribution is -0.174. The average molecular weight is 314 g/mol. The number of carbonyl (C=O) groups is 1. The number of hydrogen-bond donors (Lipinski definition) is 1. The maximum atomic E-state index is 13.8. The van der Waals surface area contributed by atoms with Crippen molar-refractivity contribution in [2.24, 2.45) is 5.73 Å². The van der Waals surface area contributed by atoms with Crippen LogP contribution in [0.2, 0.25) is 0 Å². The van der Waals surface area contributed by atoms with Gasteiger partial charge < -0.3 is 15.2 Å². The van der Waals surface area contributed by atoms with Gasteiger partial charge in [-0.15, -0.1) is 12.4 Å². The summed E-state index contributed by atoms with van der Waals surface area (Å²) in [4.78, 5) is 11.2. The Kier molecular flexibility index (Phi) is 6.81. The molecule has 2 N–H and O–H groups in total. The summed E-state index contributed by atoms with van der Waals surface area (Å²) in [7, 11) is 1.19. The van der Waals surface area contributed by atoms with E-state index >= 15 is 0 Å². The molecule has 0 aliphatic carbocycles. The Hall–Kier alpha value is -1.47. The first kappa shape index (κ1) is 18.5. The van der Waals surface area contributed by atoms with Crippen molar-refractivity contribution in [1.29, 1.82) is 0 Å². The van der Waals surface area contributed by atoms with Gasteiger partial charge in [0.25, 0.3) is 0 Å². The lowest BCUT2D eigenvalue weighted by atomic mass is 10.0. The van der Waals surface area contributed by atoms with E-state index in [-0.39, 0.29) is 30.3 Å². The number of nitrogens with two attached hydrogens (primary N) is 1. The summed E-state index contributed by atoms with van der Waals surface area (Å²) in [5.41, 5.74) is 5.20. The first-order chi connectivity index (χ1) is 8.84. The molecular formula is C12H15ClF3NO3. The van der Waals surface area contributed by atoms with Gasteiger partial charge >= 0.3 is 11.9 Å². The van der Waals surface area contributed by atoms with Crippen LogP contribution in [0.3, 0.4) is 0 Å². The Morgan fingerprint density at radius 1 is 1.45 bits per heavy atom. The van der Waals surface area contributed by atoms with Crippen molar-refractivity contribution in [2.45, 2.75) is 18.9 Å². The number of esters is 1. The molecule has 0 bridgehead atoms. The predicted octanol–water partition coefficient (Wildman–Crippen LogP) is 2.45. The molecule has 0 saturated heterocycles. The van der Waals surface area contributed by atoms with E-state index in [1.807, 2.05) is 0 Å². The fraction of sp³-hybridized carbons (Fsp3) is 0.417. The standard InChI is InChI=1S/C12H14F3NO3.ClH/c1-3-19-11(17)12(14,15)10(16)8-5-4-7(13)6-9(8)18-2;/h4-6,10H,3,16H2,1-2H3;1H/t10-;/m0./s1. The van der Waals surface area contributed by atoms with Gasteiger partial charge in [0.2, 0.25) is 0 Å². The Morgan fingerprint density at radius 3 is 2.55 bits per heavy atom. The monoisotopic (exact) mass is 313 g/mol. The topological polar surface area (TPSA) is 61.5 Å². The second-order valence-corrected chi connectivity index (χ2v) is 3.71. The highest BCUT2D eigenvalue weighted by atomic mass is 35.5. The van der Waals surface area contributed by atoms with Gasteiger partial charge in [-0.05, 0) is 13.0 Å². The summed E-state index contributed by atoms with van der Waals surface area (Å²) in [6.07, 6.45) is 0. The molecule has 0 radical (unpaired) electrons. The molecule has 1 atom stereocenters. The van der Waals surface area contributed by atoms with Gasteiger partial charge in [-0.3, -0.25) is 0 Å². The van der Waals surface area contributed by atoms with Gasteiger partial charge in [0.1, 0.15) is 17.6 Å². The fourth-order valence-corrected chi connectivity index (χ4v) is 1.49. The van der Waals surface area contributed by atoms with E-state index in [4.69, 9.17) is 10.5 Å². The minimum atomic E-state index is -3.93. The third-order valence-corrected chi connectivity index (χ3v) is 2.47. The third kappa shape index (κ3) is 3.77. The molecule has 8 heteroatoms. The van der Waals surface area contributed by atoms with Gasteiger partial charge in [0, 0.05) is 11.6 Å². The fourth-order valence-electron chi connectivity index (χ4n) is 1.49. The van der Waals surface area contributed by atoms with Crippen LogP contribution in [0.25, 0.3) is 0 Å². The SMILES string of the molecule is CCOC(=O)C(F)(F)[C@@H](N)c1ccc(F)cc1OC.Cl. The molecule has 20 heavy (non-hydrogen) atoms. The van der Waals surface area contributed by atoms with Crippen LogP contribution in [-0.4, -0.2) is 25.6 Å². The molecule has 0 spiro atoms. The van der Waals surface area contributed by atoms with E-state index in [2.05, 4.69) is 4.74 Å². The number of carbonyl (C=O) groups excluding carboxylic acids is 1. The van der Waals surface area contributed by atoms with Crippen molar-refractivity contribution >= 4 is 18.4 Å². The highest BCUT2D eigenvalue weighted by Crippen LogP contribution is 2.35. The zero-order valence-electron chi connectivity index (χ0n) is 10.9. The maximum absolute atomic E-state index is 13.8. The van der Waals surface area contributed by atoms with Crippen LogP contribution in [0.1, 0.15) is 18.5 Å². The van der Waals surface area contributed by atoms with Crippen LogP contribution >= 0.6 is 12.4 Å². The predicted molar refractivity (Wildman–Crippen MR) is 68.7 cm³/mol. The number of halogens is 4. The van der Waals surface area contributed by atoms with Crippen LogP contribution in [0.15, 0.2) is 18.2 Å². The van der Waals surface area contributed by atoms with Crippen LogP contribution < -0.4 is 10.5 Å². The second-order valence-electron chi connectivity index (χ2n) is 3.71. The molecule has 0 amide bonds. The van der Waals surface area contributed by atoms with Gasteiger partial charge in [0.05, 0.1) is 13.7 Å². The molecular weight excluding hydrogens is 299 g/mol. The van der Waals surface area contributed by atoms with Crippen LogP contribution in [0.4, 0.5) is 13.2 Å². The van der Waals surface area contributed by atoms with Crippen molar-refractivity contribution in [3.63, 3.8) is 0 Å². The minimum absolute atomic E-state index is 0. The van der Waals surface area contributed by atoms with E-state index in [9.17, 15) is 18.0 Å². The molecule has 1 rings (SSSR count). The number of ether oxygens (including phenoxy) is 2. The van der Waals surface area contributed by atoms with E-state index in [1.165, 1.54) is 14.0 Å². The summed E-state index contributed by atoms with van der Waals surface area (Å²) < 4.78 is 49.5. The quantitative estimate of drug-likeness (QED) is 0.848. The van der Waals surface area contributed by atoms with Gasteiger partial charge in [0.15, 0.2) is 0 Å². The summed E-state index contributed by atoms with van der Waals surface area (Å²) in [5, 5.41) is 0.